The molecule has 0 heterocycles. The molecule has 0 radical (unpaired) electrons. The third-order valence-corrected chi connectivity index (χ3v) is 4.10. The quantitative estimate of drug-likeness (QED) is 0.804. The molecule has 126 valence electrons. The Labute approximate surface area is 138 Å². The van der Waals surface area contributed by atoms with E-state index in [2.05, 4.69) is 22.8 Å². The Bertz CT molecular complexity index is 545. The summed E-state index contributed by atoms with van der Waals surface area (Å²) < 4.78 is 0. The number of aryl methyl sites for hydroxylation is 1. The molecule has 0 saturated heterocycles. The monoisotopic (exact) mass is 317 g/mol. The molecule has 0 saturated carbocycles. The molecular formula is C18H27N3O2. The lowest BCUT2D eigenvalue weighted by atomic mass is 9.88. The first-order valence-corrected chi connectivity index (χ1v) is 8.42. The van der Waals surface area contributed by atoms with Gasteiger partial charge < -0.3 is 10.6 Å². The van der Waals surface area contributed by atoms with Crippen molar-refractivity contribution in [2.24, 2.45) is 0 Å². The van der Waals surface area contributed by atoms with Gasteiger partial charge in [-0.15, -0.1) is 0 Å². The second-order valence-corrected chi connectivity index (χ2v) is 6.23. The van der Waals surface area contributed by atoms with Crippen molar-refractivity contribution in [1.82, 2.24) is 15.5 Å². The van der Waals surface area contributed by atoms with Gasteiger partial charge >= 0.3 is 0 Å². The zero-order valence-electron chi connectivity index (χ0n) is 14.1. The predicted molar refractivity (Wildman–Crippen MR) is 91.1 cm³/mol. The number of carbonyl (C=O) groups is 2. The van der Waals surface area contributed by atoms with E-state index in [1.54, 1.807) is 11.9 Å². The standard InChI is InChI=1S/C18H27N3O2/c1-3-11-19-17(22)12-21(2)13-18(23)20-16-10-6-8-14-7-4-5-9-15(14)16/h4-5,7,9,16H,3,6,8,10-13H2,1-2H3,(H,19,22)(H,20,23)/t16-/m0/s1. The Kier molecular flexibility index (Phi) is 6.59. The lowest BCUT2D eigenvalue weighted by Crippen LogP contribution is -2.42. The molecule has 0 unspecified atom stereocenters. The molecule has 5 nitrogen and oxygen atoms in total. The Morgan fingerprint density at radius 2 is 1.96 bits per heavy atom. The van der Waals surface area contributed by atoms with Crippen LogP contribution < -0.4 is 10.6 Å². The summed E-state index contributed by atoms with van der Waals surface area (Å²) in [4.78, 5) is 25.7. The van der Waals surface area contributed by atoms with Gasteiger partial charge in [-0.1, -0.05) is 31.2 Å². The van der Waals surface area contributed by atoms with Crippen molar-refractivity contribution in [3.63, 3.8) is 0 Å². The molecule has 2 N–H and O–H groups in total. The number of hydrogen-bond donors (Lipinski definition) is 2. The lowest BCUT2D eigenvalue weighted by molar-refractivity contribution is -0.125. The van der Waals surface area contributed by atoms with E-state index >= 15 is 0 Å². The highest BCUT2D eigenvalue weighted by atomic mass is 16.2. The van der Waals surface area contributed by atoms with E-state index in [1.165, 1.54) is 11.1 Å². The fraction of sp³-hybridized carbons (Fsp3) is 0.556. The van der Waals surface area contributed by atoms with Gasteiger partial charge in [0.25, 0.3) is 0 Å². The number of fused-ring (bicyclic) bond motifs is 1. The van der Waals surface area contributed by atoms with E-state index in [9.17, 15) is 9.59 Å². The second kappa shape index (κ2) is 8.67. The van der Waals surface area contributed by atoms with Gasteiger partial charge in [-0.05, 0) is 43.9 Å². The van der Waals surface area contributed by atoms with Crippen LogP contribution in [0.4, 0.5) is 0 Å². The molecule has 5 heteroatoms. The normalized spacial score (nSPS) is 16.7. The minimum absolute atomic E-state index is 0.0301. The largest absolute Gasteiger partial charge is 0.355 e. The minimum Gasteiger partial charge on any atom is -0.355 e. The van der Waals surface area contributed by atoms with Crippen molar-refractivity contribution in [3.05, 3.63) is 35.4 Å². The van der Waals surface area contributed by atoms with E-state index in [4.69, 9.17) is 0 Å². The van der Waals surface area contributed by atoms with Crippen LogP contribution >= 0.6 is 0 Å². The Morgan fingerprint density at radius 1 is 1.22 bits per heavy atom. The van der Waals surface area contributed by atoms with Crippen molar-refractivity contribution in [2.75, 3.05) is 26.7 Å². The van der Waals surface area contributed by atoms with E-state index in [1.807, 2.05) is 19.1 Å². The molecule has 0 aliphatic heterocycles. The molecule has 0 fully saturated rings. The number of likely N-dealkylation sites (N-methyl/N-ethyl adjacent to an activating group) is 1. The Morgan fingerprint density at radius 3 is 2.74 bits per heavy atom. The third-order valence-electron chi connectivity index (χ3n) is 4.10. The number of rotatable bonds is 7. The van der Waals surface area contributed by atoms with Crippen LogP contribution in [-0.2, 0) is 16.0 Å². The smallest absolute Gasteiger partial charge is 0.234 e. The maximum Gasteiger partial charge on any atom is 0.234 e. The lowest BCUT2D eigenvalue weighted by Gasteiger charge is -2.27. The molecule has 1 atom stereocenters. The third kappa shape index (κ3) is 5.36. The fourth-order valence-electron chi connectivity index (χ4n) is 3.01. The summed E-state index contributed by atoms with van der Waals surface area (Å²) in [5.41, 5.74) is 2.56. The van der Waals surface area contributed by atoms with Crippen LogP contribution in [-0.4, -0.2) is 43.4 Å². The molecule has 0 bridgehead atoms. The Hall–Kier alpha value is -1.88. The van der Waals surface area contributed by atoms with Gasteiger partial charge in [0.05, 0.1) is 19.1 Å². The zero-order valence-corrected chi connectivity index (χ0v) is 14.1. The molecule has 0 aromatic heterocycles. The van der Waals surface area contributed by atoms with Crippen molar-refractivity contribution >= 4 is 11.8 Å². The number of benzene rings is 1. The van der Waals surface area contributed by atoms with Gasteiger partial charge in [0.2, 0.25) is 11.8 Å². The SMILES string of the molecule is CCCNC(=O)CN(C)CC(=O)N[C@H]1CCCc2ccccc21. The average Bonchev–Trinajstić information content (AvgIpc) is 2.53. The predicted octanol–water partition coefficient (Wildman–Crippen LogP) is 1.64. The minimum atomic E-state index is -0.0369. The zero-order chi connectivity index (χ0) is 16.7. The van der Waals surface area contributed by atoms with Crippen molar-refractivity contribution in [2.45, 2.75) is 38.6 Å². The van der Waals surface area contributed by atoms with Crippen LogP contribution in [0.15, 0.2) is 24.3 Å². The Balaban J connectivity index is 1.82. The molecule has 1 aliphatic rings. The molecule has 2 rings (SSSR count). The van der Waals surface area contributed by atoms with Gasteiger partial charge in [0.15, 0.2) is 0 Å². The molecular weight excluding hydrogens is 290 g/mol. The highest BCUT2D eigenvalue weighted by molar-refractivity contribution is 5.81. The van der Waals surface area contributed by atoms with E-state index in [-0.39, 0.29) is 30.9 Å². The first kappa shape index (κ1) is 17.5. The molecule has 2 amide bonds. The van der Waals surface area contributed by atoms with Crippen molar-refractivity contribution in [3.8, 4) is 0 Å². The maximum absolute atomic E-state index is 12.2. The van der Waals surface area contributed by atoms with E-state index in [0.29, 0.717) is 6.54 Å². The summed E-state index contributed by atoms with van der Waals surface area (Å²) in [6.07, 6.45) is 4.07. The summed E-state index contributed by atoms with van der Waals surface area (Å²) >= 11 is 0. The fourth-order valence-corrected chi connectivity index (χ4v) is 3.01. The molecule has 23 heavy (non-hydrogen) atoms. The van der Waals surface area contributed by atoms with Gasteiger partial charge in [-0.3, -0.25) is 14.5 Å². The first-order valence-electron chi connectivity index (χ1n) is 8.42. The summed E-state index contributed by atoms with van der Waals surface area (Å²) in [5, 5.41) is 5.93. The summed E-state index contributed by atoms with van der Waals surface area (Å²) in [7, 11) is 1.79. The van der Waals surface area contributed by atoms with Crippen LogP contribution in [0.5, 0.6) is 0 Å². The number of nitrogens with zero attached hydrogens (tertiary/aromatic N) is 1. The highest BCUT2D eigenvalue weighted by Gasteiger charge is 2.21. The van der Waals surface area contributed by atoms with Crippen molar-refractivity contribution in [1.29, 1.82) is 0 Å². The second-order valence-electron chi connectivity index (χ2n) is 6.23. The summed E-state index contributed by atoms with van der Waals surface area (Å²) in [6.45, 7) is 3.17. The van der Waals surface area contributed by atoms with Crippen LogP contribution in [0.1, 0.15) is 43.4 Å². The molecule has 0 spiro atoms. The average molecular weight is 317 g/mol. The van der Waals surface area contributed by atoms with Gasteiger partial charge in [-0.25, -0.2) is 0 Å². The summed E-state index contributed by atoms with van der Waals surface area (Å²) in [5.74, 6) is -0.0670. The highest BCUT2D eigenvalue weighted by Crippen LogP contribution is 2.29. The molecule has 1 aromatic rings. The van der Waals surface area contributed by atoms with Crippen LogP contribution in [0.25, 0.3) is 0 Å². The maximum atomic E-state index is 12.2. The van der Waals surface area contributed by atoms with Crippen molar-refractivity contribution < 1.29 is 9.59 Å². The number of carbonyl (C=O) groups excluding carboxylic acids is 2. The van der Waals surface area contributed by atoms with Gasteiger partial charge in [0.1, 0.15) is 0 Å². The number of nitrogens with one attached hydrogen (secondary N) is 2. The molecule has 1 aliphatic carbocycles. The van der Waals surface area contributed by atoms with E-state index < -0.39 is 0 Å². The number of hydrogen-bond acceptors (Lipinski definition) is 3. The van der Waals surface area contributed by atoms with Crippen LogP contribution in [0.2, 0.25) is 0 Å². The number of amides is 2. The molecule has 1 aromatic carbocycles. The van der Waals surface area contributed by atoms with Crippen LogP contribution in [0.3, 0.4) is 0 Å². The summed E-state index contributed by atoms with van der Waals surface area (Å²) in [6, 6.07) is 8.40. The van der Waals surface area contributed by atoms with Gasteiger partial charge in [0, 0.05) is 6.54 Å². The van der Waals surface area contributed by atoms with Crippen LogP contribution in [0, 0.1) is 0 Å². The van der Waals surface area contributed by atoms with E-state index in [0.717, 1.165) is 25.7 Å². The van der Waals surface area contributed by atoms with Gasteiger partial charge in [-0.2, -0.15) is 0 Å². The first-order chi connectivity index (χ1) is 11.1. The topological polar surface area (TPSA) is 61.4 Å².